The van der Waals surface area contributed by atoms with Crippen LogP contribution in [0, 0.1) is 0 Å². The van der Waals surface area contributed by atoms with Gasteiger partial charge in [-0.15, -0.1) is 0 Å². The van der Waals surface area contributed by atoms with Crippen molar-refractivity contribution < 1.29 is 4.79 Å². The topological polar surface area (TPSA) is 35.6 Å². The summed E-state index contributed by atoms with van der Waals surface area (Å²) in [6.07, 6.45) is 7.79. The lowest BCUT2D eigenvalue weighted by Gasteiger charge is -2.37. The Balaban J connectivity index is 2.39. The first-order valence-electron chi connectivity index (χ1n) is 7.57. The standard InChI is InChI=1S/C15H31N3O/c1-16-15(9-6-5-7-10-15)13-14(19)18(4)12-8-11-17(2)3/h16H,5-13H2,1-4H3. The maximum absolute atomic E-state index is 12.3. The zero-order valence-electron chi connectivity index (χ0n) is 13.2. The van der Waals surface area contributed by atoms with Crippen molar-refractivity contribution in [3.8, 4) is 0 Å². The highest BCUT2D eigenvalue weighted by Crippen LogP contribution is 2.31. The average Bonchev–Trinajstić information content (AvgIpc) is 2.39. The largest absolute Gasteiger partial charge is 0.346 e. The molecule has 1 N–H and O–H groups in total. The first-order chi connectivity index (χ1) is 8.99. The molecule has 1 rings (SSSR count). The van der Waals surface area contributed by atoms with E-state index in [1.807, 2.05) is 19.0 Å². The molecule has 0 aliphatic heterocycles. The molecule has 0 radical (unpaired) electrons. The molecule has 19 heavy (non-hydrogen) atoms. The Kier molecular flexibility index (Phi) is 6.80. The molecule has 0 bridgehead atoms. The van der Waals surface area contributed by atoms with Crippen LogP contribution in [0.1, 0.15) is 44.9 Å². The van der Waals surface area contributed by atoms with E-state index in [1.165, 1.54) is 19.3 Å². The predicted octanol–water partition coefficient (Wildman–Crippen LogP) is 1.71. The van der Waals surface area contributed by atoms with Crippen molar-refractivity contribution in [3.05, 3.63) is 0 Å². The number of nitrogens with zero attached hydrogens (tertiary/aromatic N) is 2. The molecule has 0 aromatic heterocycles. The van der Waals surface area contributed by atoms with Crippen molar-refractivity contribution in [2.45, 2.75) is 50.5 Å². The van der Waals surface area contributed by atoms with Gasteiger partial charge in [-0.3, -0.25) is 4.79 Å². The van der Waals surface area contributed by atoms with Gasteiger partial charge in [-0.05, 0) is 47.0 Å². The van der Waals surface area contributed by atoms with Gasteiger partial charge in [-0.2, -0.15) is 0 Å². The first-order valence-corrected chi connectivity index (χ1v) is 7.57. The molecule has 1 aliphatic rings. The van der Waals surface area contributed by atoms with Crippen LogP contribution >= 0.6 is 0 Å². The highest BCUT2D eigenvalue weighted by molar-refractivity contribution is 5.77. The smallest absolute Gasteiger partial charge is 0.224 e. The van der Waals surface area contributed by atoms with Crippen molar-refractivity contribution in [2.24, 2.45) is 0 Å². The third-order valence-electron chi connectivity index (χ3n) is 4.36. The minimum absolute atomic E-state index is 0.0607. The second-order valence-corrected chi connectivity index (χ2v) is 6.24. The summed E-state index contributed by atoms with van der Waals surface area (Å²) < 4.78 is 0. The van der Waals surface area contributed by atoms with E-state index in [2.05, 4.69) is 24.3 Å². The lowest BCUT2D eigenvalue weighted by Crippen LogP contribution is -2.48. The Bertz CT molecular complexity index is 273. The molecule has 0 aromatic carbocycles. The van der Waals surface area contributed by atoms with Crippen LogP contribution in [-0.2, 0) is 4.79 Å². The summed E-state index contributed by atoms with van der Waals surface area (Å²) in [5, 5.41) is 3.42. The highest BCUT2D eigenvalue weighted by atomic mass is 16.2. The monoisotopic (exact) mass is 269 g/mol. The number of amides is 1. The molecule has 0 spiro atoms. The van der Waals surface area contributed by atoms with E-state index in [-0.39, 0.29) is 11.4 Å². The van der Waals surface area contributed by atoms with Crippen LogP contribution in [0.3, 0.4) is 0 Å². The Labute approximate surface area is 118 Å². The van der Waals surface area contributed by atoms with Gasteiger partial charge in [-0.25, -0.2) is 0 Å². The van der Waals surface area contributed by atoms with Crippen LogP contribution in [0.5, 0.6) is 0 Å². The summed E-state index contributed by atoms with van der Waals surface area (Å²) in [5.41, 5.74) is 0.0607. The molecule has 4 heteroatoms. The van der Waals surface area contributed by atoms with Crippen molar-refractivity contribution in [2.75, 3.05) is 41.3 Å². The van der Waals surface area contributed by atoms with E-state index < -0.39 is 0 Å². The number of hydrogen-bond acceptors (Lipinski definition) is 3. The van der Waals surface area contributed by atoms with Crippen LogP contribution in [0.2, 0.25) is 0 Å². The van der Waals surface area contributed by atoms with E-state index in [0.29, 0.717) is 6.42 Å². The van der Waals surface area contributed by atoms with Crippen LogP contribution < -0.4 is 5.32 Å². The summed E-state index contributed by atoms with van der Waals surface area (Å²) in [6.45, 7) is 1.89. The van der Waals surface area contributed by atoms with Crippen molar-refractivity contribution in [1.82, 2.24) is 15.1 Å². The Morgan fingerprint density at radius 3 is 2.26 bits per heavy atom. The molecule has 1 amide bonds. The second kappa shape index (κ2) is 7.85. The minimum atomic E-state index is 0.0607. The zero-order chi connectivity index (χ0) is 14.3. The summed E-state index contributed by atoms with van der Waals surface area (Å²) in [6, 6.07) is 0. The maximum Gasteiger partial charge on any atom is 0.224 e. The Morgan fingerprint density at radius 1 is 1.11 bits per heavy atom. The third kappa shape index (κ3) is 5.49. The molecule has 0 heterocycles. The first kappa shape index (κ1) is 16.4. The number of carbonyl (C=O) groups is 1. The van der Waals surface area contributed by atoms with Crippen LogP contribution in [0.4, 0.5) is 0 Å². The van der Waals surface area contributed by atoms with Crippen molar-refractivity contribution >= 4 is 5.91 Å². The van der Waals surface area contributed by atoms with Gasteiger partial charge in [0.15, 0.2) is 0 Å². The fourth-order valence-electron chi connectivity index (χ4n) is 2.92. The van der Waals surface area contributed by atoms with Gasteiger partial charge in [0.2, 0.25) is 5.91 Å². The third-order valence-corrected chi connectivity index (χ3v) is 4.36. The Hall–Kier alpha value is -0.610. The highest BCUT2D eigenvalue weighted by Gasteiger charge is 2.33. The van der Waals surface area contributed by atoms with Gasteiger partial charge >= 0.3 is 0 Å². The number of carbonyl (C=O) groups excluding carboxylic acids is 1. The predicted molar refractivity (Wildman–Crippen MR) is 80.3 cm³/mol. The average molecular weight is 269 g/mol. The van der Waals surface area contributed by atoms with E-state index in [9.17, 15) is 4.79 Å². The summed E-state index contributed by atoms with van der Waals surface area (Å²) in [7, 11) is 8.08. The van der Waals surface area contributed by atoms with Gasteiger partial charge in [0.25, 0.3) is 0 Å². The quantitative estimate of drug-likeness (QED) is 0.764. The molecule has 1 saturated carbocycles. The van der Waals surface area contributed by atoms with Crippen LogP contribution in [-0.4, -0.2) is 62.5 Å². The second-order valence-electron chi connectivity index (χ2n) is 6.24. The van der Waals surface area contributed by atoms with Crippen LogP contribution in [0.15, 0.2) is 0 Å². The van der Waals surface area contributed by atoms with Gasteiger partial charge < -0.3 is 15.1 Å². The number of rotatable bonds is 7. The SMILES string of the molecule is CNC1(CC(=O)N(C)CCCN(C)C)CCCCC1. The molecule has 0 saturated heterocycles. The fourth-order valence-corrected chi connectivity index (χ4v) is 2.92. The number of nitrogens with one attached hydrogen (secondary N) is 1. The molecule has 0 unspecified atom stereocenters. The normalized spacial score (nSPS) is 18.6. The Morgan fingerprint density at radius 2 is 1.74 bits per heavy atom. The van der Waals surface area contributed by atoms with Crippen molar-refractivity contribution in [1.29, 1.82) is 0 Å². The number of hydrogen-bond donors (Lipinski definition) is 1. The van der Waals surface area contributed by atoms with E-state index >= 15 is 0 Å². The maximum atomic E-state index is 12.3. The van der Waals surface area contributed by atoms with E-state index in [0.717, 1.165) is 32.4 Å². The van der Waals surface area contributed by atoms with E-state index in [1.54, 1.807) is 0 Å². The van der Waals surface area contributed by atoms with Crippen molar-refractivity contribution in [3.63, 3.8) is 0 Å². The van der Waals surface area contributed by atoms with E-state index in [4.69, 9.17) is 0 Å². The summed E-state index contributed by atoms with van der Waals surface area (Å²) in [4.78, 5) is 16.4. The lowest BCUT2D eigenvalue weighted by molar-refractivity contribution is -0.131. The minimum Gasteiger partial charge on any atom is -0.346 e. The van der Waals surface area contributed by atoms with Crippen LogP contribution in [0.25, 0.3) is 0 Å². The molecule has 112 valence electrons. The summed E-state index contributed by atoms with van der Waals surface area (Å²) >= 11 is 0. The van der Waals surface area contributed by atoms with Gasteiger partial charge in [0.05, 0.1) is 0 Å². The molecular formula is C15H31N3O. The fraction of sp³-hybridized carbons (Fsp3) is 0.933. The molecule has 1 aliphatic carbocycles. The molecule has 1 fully saturated rings. The van der Waals surface area contributed by atoms with Gasteiger partial charge in [-0.1, -0.05) is 19.3 Å². The zero-order valence-corrected chi connectivity index (χ0v) is 13.2. The lowest BCUT2D eigenvalue weighted by atomic mass is 9.79. The molecule has 0 atom stereocenters. The summed E-state index contributed by atoms with van der Waals surface area (Å²) in [5.74, 6) is 0.287. The molecule has 4 nitrogen and oxygen atoms in total. The van der Waals surface area contributed by atoms with Gasteiger partial charge in [0, 0.05) is 25.6 Å². The molecule has 0 aromatic rings. The van der Waals surface area contributed by atoms with Gasteiger partial charge in [0.1, 0.15) is 0 Å². The molecular weight excluding hydrogens is 238 g/mol.